The molecule has 0 radical (unpaired) electrons. The Morgan fingerprint density at radius 2 is 1.94 bits per heavy atom. The molecule has 0 aliphatic carbocycles. The van der Waals surface area contributed by atoms with Gasteiger partial charge in [0.25, 0.3) is 0 Å². The van der Waals surface area contributed by atoms with E-state index in [4.69, 9.17) is 9.47 Å². The van der Waals surface area contributed by atoms with Gasteiger partial charge >= 0.3 is 0 Å². The van der Waals surface area contributed by atoms with Gasteiger partial charge in [-0.2, -0.15) is 0 Å². The molecule has 1 aromatic carbocycles. The molecular weight excluding hydrogens is 424 g/mol. The topological polar surface area (TPSA) is 110 Å². The van der Waals surface area contributed by atoms with Crippen LogP contribution in [0.2, 0.25) is 0 Å². The van der Waals surface area contributed by atoms with Crippen LogP contribution in [-0.4, -0.2) is 60.5 Å². The Morgan fingerprint density at radius 1 is 1.12 bits per heavy atom. The Morgan fingerprint density at radius 3 is 2.61 bits per heavy atom. The van der Waals surface area contributed by atoms with Crippen LogP contribution in [0.5, 0.6) is 5.75 Å². The van der Waals surface area contributed by atoms with E-state index in [-0.39, 0.29) is 49.8 Å². The highest BCUT2D eigenvalue weighted by molar-refractivity contribution is 5.93. The van der Waals surface area contributed by atoms with E-state index in [0.29, 0.717) is 24.7 Å². The molecule has 1 atom stereocenters. The first-order chi connectivity index (χ1) is 16.0. The molecule has 0 saturated carbocycles. The molecule has 2 aromatic rings. The van der Waals surface area contributed by atoms with Crippen LogP contribution in [0.15, 0.2) is 48.7 Å². The molecule has 2 N–H and O–H groups in total. The fraction of sp³-hybridized carbons (Fsp3) is 0.417. The highest BCUT2D eigenvalue weighted by atomic mass is 16.5. The van der Waals surface area contributed by atoms with Gasteiger partial charge in [-0.05, 0) is 42.7 Å². The SMILES string of the molecule is COc1ccc(CN(CC(=O)NC[C@@H]2CCCO2)C(=O)CCC(=O)Nc2ccccn2)cc1. The summed E-state index contributed by atoms with van der Waals surface area (Å²) >= 11 is 0. The number of hydrogen-bond acceptors (Lipinski definition) is 6. The lowest BCUT2D eigenvalue weighted by atomic mass is 10.1. The molecule has 1 aliphatic heterocycles. The quantitative estimate of drug-likeness (QED) is 0.538. The van der Waals surface area contributed by atoms with Gasteiger partial charge in [-0.25, -0.2) is 4.98 Å². The van der Waals surface area contributed by atoms with Crippen molar-refractivity contribution < 1.29 is 23.9 Å². The number of hydrogen-bond donors (Lipinski definition) is 2. The van der Waals surface area contributed by atoms with Crippen molar-refractivity contribution in [3.05, 3.63) is 54.2 Å². The summed E-state index contributed by atoms with van der Waals surface area (Å²) < 4.78 is 10.7. The van der Waals surface area contributed by atoms with E-state index in [0.717, 1.165) is 18.4 Å². The first kappa shape index (κ1) is 24.2. The van der Waals surface area contributed by atoms with Crippen molar-refractivity contribution in [3.63, 3.8) is 0 Å². The molecule has 9 heteroatoms. The summed E-state index contributed by atoms with van der Waals surface area (Å²) in [7, 11) is 1.58. The van der Waals surface area contributed by atoms with Crippen molar-refractivity contribution in [1.82, 2.24) is 15.2 Å². The number of rotatable bonds is 11. The summed E-state index contributed by atoms with van der Waals surface area (Å²) in [5.74, 6) is 0.282. The molecule has 3 amide bonds. The Balaban J connectivity index is 1.56. The summed E-state index contributed by atoms with van der Waals surface area (Å²) in [6.45, 7) is 1.29. The smallest absolute Gasteiger partial charge is 0.239 e. The molecule has 0 spiro atoms. The van der Waals surface area contributed by atoms with Crippen molar-refractivity contribution in [2.45, 2.75) is 38.3 Å². The maximum Gasteiger partial charge on any atom is 0.239 e. The van der Waals surface area contributed by atoms with E-state index in [2.05, 4.69) is 15.6 Å². The number of carbonyl (C=O) groups excluding carboxylic acids is 3. The molecule has 1 saturated heterocycles. The van der Waals surface area contributed by atoms with Gasteiger partial charge in [0.1, 0.15) is 11.6 Å². The second kappa shape index (κ2) is 12.5. The fourth-order valence-corrected chi connectivity index (χ4v) is 3.47. The van der Waals surface area contributed by atoms with Crippen LogP contribution < -0.4 is 15.4 Å². The van der Waals surface area contributed by atoms with Gasteiger partial charge in [-0.3, -0.25) is 14.4 Å². The lowest BCUT2D eigenvalue weighted by Crippen LogP contribution is -2.42. The zero-order chi connectivity index (χ0) is 23.5. The zero-order valence-corrected chi connectivity index (χ0v) is 18.8. The minimum Gasteiger partial charge on any atom is -0.497 e. The zero-order valence-electron chi connectivity index (χ0n) is 18.8. The summed E-state index contributed by atoms with van der Waals surface area (Å²) in [6.07, 6.45) is 3.48. The third kappa shape index (κ3) is 8.19. The second-order valence-corrected chi connectivity index (χ2v) is 7.80. The summed E-state index contributed by atoms with van der Waals surface area (Å²) in [5, 5.41) is 5.51. The summed E-state index contributed by atoms with van der Waals surface area (Å²) in [6, 6.07) is 12.5. The van der Waals surface area contributed by atoms with Crippen molar-refractivity contribution in [2.75, 3.05) is 32.1 Å². The molecule has 1 aliphatic rings. The number of anilines is 1. The molecule has 33 heavy (non-hydrogen) atoms. The van der Waals surface area contributed by atoms with Crippen LogP contribution >= 0.6 is 0 Å². The van der Waals surface area contributed by atoms with E-state index < -0.39 is 0 Å². The number of ether oxygens (including phenoxy) is 2. The average Bonchev–Trinajstić information content (AvgIpc) is 3.36. The van der Waals surface area contributed by atoms with Crippen molar-refractivity contribution in [2.24, 2.45) is 0 Å². The summed E-state index contributed by atoms with van der Waals surface area (Å²) in [5.41, 5.74) is 0.856. The van der Waals surface area contributed by atoms with Crippen molar-refractivity contribution >= 4 is 23.5 Å². The highest BCUT2D eigenvalue weighted by Gasteiger charge is 2.21. The molecule has 1 aromatic heterocycles. The molecule has 0 bridgehead atoms. The van der Waals surface area contributed by atoms with Gasteiger partial charge in [0, 0.05) is 38.7 Å². The van der Waals surface area contributed by atoms with Gasteiger partial charge in [0.15, 0.2) is 0 Å². The summed E-state index contributed by atoms with van der Waals surface area (Å²) in [4.78, 5) is 43.2. The molecule has 9 nitrogen and oxygen atoms in total. The van der Waals surface area contributed by atoms with Crippen molar-refractivity contribution in [3.8, 4) is 5.75 Å². The van der Waals surface area contributed by atoms with Gasteiger partial charge in [0.2, 0.25) is 17.7 Å². The number of nitrogens with zero attached hydrogens (tertiary/aromatic N) is 2. The molecular formula is C24H30N4O5. The van der Waals surface area contributed by atoms with Crippen molar-refractivity contribution in [1.29, 1.82) is 0 Å². The van der Waals surface area contributed by atoms with E-state index in [1.165, 1.54) is 4.90 Å². The van der Waals surface area contributed by atoms with E-state index in [1.807, 2.05) is 12.1 Å². The number of carbonyl (C=O) groups is 3. The maximum atomic E-state index is 12.9. The number of pyridine rings is 1. The normalized spacial score (nSPS) is 15.0. The monoisotopic (exact) mass is 454 g/mol. The number of amides is 3. The molecule has 176 valence electrons. The Labute approximate surface area is 193 Å². The maximum absolute atomic E-state index is 12.9. The van der Waals surface area contributed by atoms with E-state index in [1.54, 1.807) is 43.6 Å². The van der Waals surface area contributed by atoms with Gasteiger partial charge in [-0.15, -0.1) is 0 Å². The Kier molecular flexibility index (Phi) is 9.19. The lowest BCUT2D eigenvalue weighted by Gasteiger charge is -2.23. The largest absolute Gasteiger partial charge is 0.497 e. The molecule has 0 unspecified atom stereocenters. The first-order valence-electron chi connectivity index (χ1n) is 11.0. The molecule has 3 rings (SSSR count). The van der Waals surface area contributed by atoms with Gasteiger partial charge in [0.05, 0.1) is 19.8 Å². The molecule has 2 heterocycles. The van der Waals surface area contributed by atoms with E-state index >= 15 is 0 Å². The van der Waals surface area contributed by atoms with Crippen LogP contribution in [0.25, 0.3) is 0 Å². The van der Waals surface area contributed by atoms with Crippen LogP contribution in [0.3, 0.4) is 0 Å². The van der Waals surface area contributed by atoms with Crippen LogP contribution in [0, 0.1) is 0 Å². The minimum absolute atomic E-state index is 0.00788. The van der Waals surface area contributed by atoms with Crippen LogP contribution in [-0.2, 0) is 25.7 Å². The first-order valence-corrected chi connectivity index (χ1v) is 11.0. The number of benzene rings is 1. The van der Waals surface area contributed by atoms with Gasteiger partial charge < -0.3 is 25.0 Å². The Bertz CT molecular complexity index is 914. The highest BCUT2D eigenvalue weighted by Crippen LogP contribution is 2.14. The fourth-order valence-electron chi connectivity index (χ4n) is 3.47. The van der Waals surface area contributed by atoms with Crippen LogP contribution in [0.1, 0.15) is 31.2 Å². The lowest BCUT2D eigenvalue weighted by molar-refractivity contribution is -0.137. The molecule has 1 fully saturated rings. The minimum atomic E-state index is -0.311. The standard InChI is InChI=1S/C24H30N4O5/c1-32-19-9-7-18(8-10-19)16-28(17-23(30)26-15-20-5-4-14-33-20)24(31)12-11-22(29)27-21-6-2-3-13-25-21/h2-3,6-10,13,20H,4-5,11-12,14-17H2,1H3,(H,26,30)(H,25,27,29)/t20-/m0/s1. The van der Waals surface area contributed by atoms with Crippen LogP contribution in [0.4, 0.5) is 5.82 Å². The number of nitrogens with one attached hydrogen (secondary N) is 2. The van der Waals surface area contributed by atoms with Gasteiger partial charge in [-0.1, -0.05) is 18.2 Å². The van der Waals surface area contributed by atoms with E-state index in [9.17, 15) is 14.4 Å². The number of methoxy groups -OCH3 is 1. The number of aromatic nitrogens is 1. The average molecular weight is 455 g/mol. The third-order valence-electron chi connectivity index (χ3n) is 5.27. The Hall–Kier alpha value is -3.46. The third-order valence-corrected chi connectivity index (χ3v) is 5.27. The second-order valence-electron chi connectivity index (χ2n) is 7.80. The predicted molar refractivity (Wildman–Crippen MR) is 122 cm³/mol. The predicted octanol–water partition coefficient (Wildman–Crippen LogP) is 2.13.